The Morgan fingerprint density at radius 3 is 2.48 bits per heavy atom. The molecule has 2 saturated heterocycles. The number of hydrogen-bond donors (Lipinski definition) is 1. The number of phenols is 1. The first-order valence-corrected chi connectivity index (χ1v) is 12.0. The number of aromatic hydroxyl groups is 1. The van der Waals surface area contributed by atoms with Crippen molar-refractivity contribution in [1.82, 2.24) is 9.80 Å². The van der Waals surface area contributed by atoms with Crippen LogP contribution in [0.3, 0.4) is 0 Å². The monoisotopic (exact) mass is 398 g/mol. The number of benzene rings is 1. The summed E-state index contributed by atoms with van der Waals surface area (Å²) in [5.41, 5.74) is 1.29. The number of piperidine rings is 1. The average molecular weight is 399 g/mol. The van der Waals surface area contributed by atoms with Gasteiger partial charge in [-0.2, -0.15) is 0 Å². The molecule has 1 aromatic carbocycles. The van der Waals surface area contributed by atoms with Gasteiger partial charge in [-0.25, -0.2) is 0 Å². The van der Waals surface area contributed by atoms with Crippen molar-refractivity contribution in [3.8, 4) is 5.75 Å². The van der Waals surface area contributed by atoms with E-state index in [0.717, 1.165) is 19.6 Å². The van der Waals surface area contributed by atoms with Crippen LogP contribution in [0.5, 0.6) is 5.75 Å². The van der Waals surface area contributed by atoms with Crippen LogP contribution in [0.4, 0.5) is 0 Å². The van der Waals surface area contributed by atoms with Gasteiger partial charge in [-0.3, -0.25) is 9.69 Å². The first-order chi connectivity index (χ1) is 14.1. The van der Waals surface area contributed by atoms with Crippen LogP contribution in [-0.4, -0.2) is 52.5 Å². The van der Waals surface area contributed by atoms with Gasteiger partial charge in [0.15, 0.2) is 0 Å². The maximum atomic E-state index is 12.6. The lowest BCUT2D eigenvalue weighted by molar-refractivity contribution is -0.132. The van der Waals surface area contributed by atoms with Crippen molar-refractivity contribution in [3.63, 3.8) is 0 Å². The number of fused-ring (bicyclic) bond motifs is 2. The molecule has 4 rings (SSSR count). The average Bonchev–Trinajstić information content (AvgIpc) is 2.98. The molecule has 1 N–H and O–H groups in total. The maximum Gasteiger partial charge on any atom is 0.222 e. The van der Waals surface area contributed by atoms with E-state index in [2.05, 4.69) is 15.9 Å². The summed E-state index contributed by atoms with van der Waals surface area (Å²) in [4.78, 5) is 17.5. The normalized spacial score (nSPS) is 27.8. The van der Waals surface area contributed by atoms with Gasteiger partial charge in [-0.05, 0) is 68.1 Å². The molecule has 4 heteroatoms. The van der Waals surface area contributed by atoms with Crippen LogP contribution in [0.2, 0.25) is 0 Å². The van der Waals surface area contributed by atoms with Crippen LogP contribution < -0.4 is 0 Å². The van der Waals surface area contributed by atoms with Gasteiger partial charge in [0.2, 0.25) is 5.91 Å². The highest BCUT2D eigenvalue weighted by atomic mass is 16.3. The van der Waals surface area contributed by atoms with E-state index in [9.17, 15) is 9.90 Å². The Morgan fingerprint density at radius 2 is 1.83 bits per heavy atom. The zero-order valence-corrected chi connectivity index (χ0v) is 18.1. The first-order valence-electron chi connectivity index (χ1n) is 12.0. The van der Waals surface area contributed by atoms with Gasteiger partial charge in [0, 0.05) is 38.1 Å². The zero-order valence-electron chi connectivity index (χ0n) is 18.1. The molecule has 0 spiro atoms. The fourth-order valence-electron chi connectivity index (χ4n) is 6.15. The minimum atomic E-state index is 0.331. The second-order valence-electron chi connectivity index (χ2n) is 9.58. The topological polar surface area (TPSA) is 43.8 Å². The summed E-state index contributed by atoms with van der Waals surface area (Å²) in [5.74, 6) is 1.99. The van der Waals surface area contributed by atoms with Gasteiger partial charge < -0.3 is 10.0 Å². The van der Waals surface area contributed by atoms with Crippen molar-refractivity contribution in [2.75, 3.05) is 19.6 Å². The fourth-order valence-corrected chi connectivity index (χ4v) is 6.15. The zero-order chi connectivity index (χ0) is 20.2. The summed E-state index contributed by atoms with van der Waals surface area (Å²) >= 11 is 0. The van der Waals surface area contributed by atoms with E-state index in [0.29, 0.717) is 42.0 Å². The van der Waals surface area contributed by atoms with E-state index < -0.39 is 0 Å². The highest BCUT2D eigenvalue weighted by molar-refractivity contribution is 5.75. The lowest BCUT2D eigenvalue weighted by Gasteiger charge is -2.40. The predicted molar refractivity (Wildman–Crippen MR) is 117 cm³/mol. The van der Waals surface area contributed by atoms with Crippen LogP contribution >= 0.6 is 0 Å². The standard InChI is InChI=1S/C25H38N2O2/c1-2-25(29)26(18-19-7-4-3-5-8-19)13-14-27-22-11-12-23(27)16-21(15-22)20-9-6-10-24(28)17-20/h6,9-10,17,19,21-23,28H,2-5,7-8,11-16,18H2,1H3/t21?,22-,23+. The molecular weight excluding hydrogens is 360 g/mol. The van der Waals surface area contributed by atoms with Crippen molar-refractivity contribution >= 4 is 5.91 Å². The lowest BCUT2D eigenvalue weighted by atomic mass is 9.85. The Kier molecular flexibility index (Phi) is 6.79. The molecule has 3 atom stereocenters. The van der Waals surface area contributed by atoms with Gasteiger partial charge in [0.05, 0.1) is 0 Å². The first kappa shape index (κ1) is 20.7. The molecule has 4 nitrogen and oxygen atoms in total. The van der Waals surface area contributed by atoms with Crippen molar-refractivity contribution < 1.29 is 9.90 Å². The van der Waals surface area contributed by atoms with Gasteiger partial charge in [-0.1, -0.05) is 38.3 Å². The molecule has 1 unspecified atom stereocenters. The van der Waals surface area contributed by atoms with Crippen LogP contribution in [-0.2, 0) is 4.79 Å². The van der Waals surface area contributed by atoms with Crippen LogP contribution in [0.15, 0.2) is 24.3 Å². The summed E-state index contributed by atoms with van der Waals surface area (Å²) in [6.07, 6.45) is 12.2. The number of nitrogens with zero attached hydrogens (tertiary/aromatic N) is 2. The second-order valence-corrected chi connectivity index (χ2v) is 9.58. The van der Waals surface area contributed by atoms with Gasteiger partial charge in [0.25, 0.3) is 0 Å². The van der Waals surface area contributed by atoms with Gasteiger partial charge in [0.1, 0.15) is 5.75 Å². The summed E-state index contributed by atoms with van der Waals surface area (Å²) in [5, 5.41) is 9.85. The molecule has 1 saturated carbocycles. The largest absolute Gasteiger partial charge is 0.508 e. The molecule has 3 fully saturated rings. The molecule has 0 aromatic heterocycles. The molecule has 3 aliphatic rings. The Balaban J connectivity index is 1.34. The van der Waals surface area contributed by atoms with E-state index in [1.54, 1.807) is 6.07 Å². The smallest absolute Gasteiger partial charge is 0.222 e. The van der Waals surface area contributed by atoms with Crippen molar-refractivity contribution in [2.24, 2.45) is 5.92 Å². The highest BCUT2D eigenvalue weighted by Gasteiger charge is 2.41. The number of carbonyl (C=O) groups is 1. The molecule has 2 aliphatic heterocycles. The maximum absolute atomic E-state index is 12.6. The minimum Gasteiger partial charge on any atom is -0.508 e. The Hall–Kier alpha value is -1.55. The third-order valence-electron chi connectivity index (χ3n) is 7.71. The summed E-state index contributed by atoms with van der Waals surface area (Å²) < 4.78 is 0. The summed E-state index contributed by atoms with van der Waals surface area (Å²) in [7, 11) is 0. The molecule has 1 aromatic rings. The predicted octanol–water partition coefficient (Wildman–Crippen LogP) is 4.92. The quantitative estimate of drug-likeness (QED) is 0.709. The number of hydrogen-bond acceptors (Lipinski definition) is 3. The van der Waals surface area contributed by atoms with E-state index in [-0.39, 0.29) is 0 Å². The van der Waals surface area contributed by atoms with Crippen LogP contribution in [0.25, 0.3) is 0 Å². The molecule has 160 valence electrons. The van der Waals surface area contributed by atoms with Gasteiger partial charge >= 0.3 is 0 Å². The van der Waals surface area contributed by atoms with Crippen molar-refractivity contribution in [1.29, 1.82) is 0 Å². The lowest BCUT2D eigenvalue weighted by Crippen LogP contribution is -2.47. The second kappa shape index (κ2) is 9.51. The third kappa shape index (κ3) is 4.96. The molecule has 0 radical (unpaired) electrons. The Bertz CT molecular complexity index is 671. The molecule has 2 heterocycles. The van der Waals surface area contributed by atoms with E-state index in [1.807, 2.05) is 19.1 Å². The molecule has 1 amide bonds. The number of rotatable bonds is 7. The summed E-state index contributed by atoms with van der Waals surface area (Å²) in [6, 6.07) is 9.12. The number of amides is 1. The van der Waals surface area contributed by atoms with E-state index in [4.69, 9.17) is 0 Å². The SMILES string of the molecule is CCC(=O)N(CCN1[C@@H]2CC[C@H]1CC(c1cccc(O)c1)C2)CC1CCCCC1. The Labute approximate surface area is 176 Å². The summed E-state index contributed by atoms with van der Waals surface area (Å²) in [6.45, 7) is 4.90. The highest BCUT2D eigenvalue weighted by Crippen LogP contribution is 2.43. The number of phenolic OH excluding ortho intramolecular Hbond substituents is 1. The molecule has 1 aliphatic carbocycles. The Morgan fingerprint density at radius 1 is 1.10 bits per heavy atom. The minimum absolute atomic E-state index is 0.331. The van der Waals surface area contributed by atoms with Crippen molar-refractivity contribution in [2.45, 2.75) is 89.1 Å². The number of carbonyl (C=O) groups excluding carboxylic acids is 1. The van der Waals surface area contributed by atoms with Crippen molar-refractivity contribution in [3.05, 3.63) is 29.8 Å². The van der Waals surface area contributed by atoms with Crippen LogP contribution in [0, 0.1) is 5.92 Å². The fraction of sp³-hybridized carbons (Fsp3) is 0.720. The van der Waals surface area contributed by atoms with E-state index in [1.165, 1.54) is 63.4 Å². The molecular formula is C25H38N2O2. The van der Waals surface area contributed by atoms with E-state index >= 15 is 0 Å². The van der Waals surface area contributed by atoms with Gasteiger partial charge in [-0.15, -0.1) is 0 Å². The molecule has 2 bridgehead atoms. The van der Waals surface area contributed by atoms with Crippen LogP contribution in [0.1, 0.15) is 82.6 Å². The molecule has 29 heavy (non-hydrogen) atoms. The third-order valence-corrected chi connectivity index (χ3v) is 7.71.